The molecular formula is C16H23Cl2N3O2. The van der Waals surface area contributed by atoms with Crippen LogP contribution < -0.4 is 5.32 Å². The van der Waals surface area contributed by atoms with Gasteiger partial charge in [-0.15, -0.1) is 0 Å². The van der Waals surface area contributed by atoms with E-state index in [9.17, 15) is 4.79 Å². The minimum absolute atomic E-state index is 0.152. The second-order valence-electron chi connectivity index (χ2n) is 6.62. The highest BCUT2D eigenvalue weighted by Gasteiger charge is 2.33. The molecule has 1 aromatic heterocycles. The van der Waals surface area contributed by atoms with Crippen LogP contribution in [-0.4, -0.2) is 53.2 Å². The van der Waals surface area contributed by atoms with Crippen LogP contribution in [0.2, 0.25) is 10.2 Å². The van der Waals surface area contributed by atoms with Gasteiger partial charge < -0.3 is 10.1 Å². The van der Waals surface area contributed by atoms with Crippen LogP contribution >= 0.6 is 23.2 Å². The van der Waals surface area contributed by atoms with Crippen molar-refractivity contribution in [3.8, 4) is 0 Å². The van der Waals surface area contributed by atoms with E-state index in [-0.39, 0.29) is 34.5 Å². The van der Waals surface area contributed by atoms with Crippen molar-refractivity contribution in [1.29, 1.82) is 0 Å². The highest BCUT2D eigenvalue weighted by atomic mass is 35.5. The quantitative estimate of drug-likeness (QED) is 0.839. The average molecular weight is 360 g/mol. The lowest BCUT2D eigenvalue weighted by molar-refractivity contribution is -0.0948. The van der Waals surface area contributed by atoms with Crippen LogP contribution in [0.4, 0.5) is 0 Å². The van der Waals surface area contributed by atoms with E-state index in [0.29, 0.717) is 11.6 Å². The smallest absolute Gasteiger partial charge is 0.271 e. The van der Waals surface area contributed by atoms with Gasteiger partial charge in [-0.1, -0.05) is 23.2 Å². The number of aromatic nitrogens is 1. The third kappa shape index (κ3) is 4.80. The Morgan fingerprint density at radius 2 is 1.96 bits per heavy atom. The molecule has 1 aliphatic heterocycles. The third-order valence-electron chi connectivity index (χ3n) is 3.98. The van der Waals surface area contributed by atoms with Gasteiger partial charge in [-0.3, -0.25) is 9.69 Å². The molecular weight excluding hydrogens is 337 g/mol. The van der Waals surface area contributed by atoms with Crippen LogP contribution in [0.5, 0.6) is 0 Å². The monoisotopic (exact) mass is 359 g/mol. The maximum absolute atomic E-state index is 12.3. The number of hydrogen-bond acceptors (Lipinski definition) is 4. The first-order valence-electron chi connectivity index (χ1n) is 7.70. The summed E-state index contributed by atoms with van der Waals surface area (Å²) in [5.74, 6) is -0.320. The van der Waals surface area contributed by atoms with Crippen molar-refractivity contribution in [3.05, 3.63) is 28.0 Å². The van der Waals surface area contributed by atoms with E-state index in [1.165, 1.54) is 0 Å². The molecule has 2 atom stereocenters. The summed E-state index contributed by atoms with van der Waals surface area (Å²) in [5.41, 5.74) is -0.0498. The van der Waals surface area contributed by atoms with E-state index >= 15 is 0 Å². The van der Waals surface area contributed by atoms with E-state index in [1.54, 1.807) is 12.1 Å². The van der Waals surface area contributed by atoms with Crippen LogP contribution in [0.3, 0.4) is 0 Å². The first kappa shape index (κ1) is 18.5. The van der Waals surface area contributed by atoms with E-state index in [0.717, 1.165) is 13.1 Å². The average Bonchev–Trinajstić information content (AvgIpc) is 2.46. The van der Waals surface area contributed by atoms with Crippen LogP contribution in [0.1, 0.15) is 38.2 Å². The van der Waals surface area contributed by atoms with Crippen LogP contribution in [0, 0.1) is 0 Å². The Morgan fingerprint density at radius 3 is 2.57 bits per heavy atom. The third-order valence-corrected chi connectivity index (χ3v) is 4.50. The largest absolute Gasteiger partial charge is 0.373 e. The number of ether oxygens (including phenoxy) is 1. The first-order chi connectivity index (χ1) is 10.7. The second-order valence-corrected chi connectivity index (χ2v) is 7.42. The molecule has 2 rings (SSSR count). The fourth-order valence-corrected chi connectivity index (χ4v) is 3.08. The van der Waals surface area contributed by atoms with E-state index < -0.39 is 0 Å². The Bertz CT molecular complexity index is 570. The minimum Gasteiger partial charge on any atom is -0.373 e. The predicted octanol–water partition coefficient (Wildman–Crippen LogP) is 3.01. The molecule has 0 radical (unpaired) electrons. The fraction of sp³-hybridized carbons (Fsp3) is 0.625. The topological polar surface area (TPSA) is 54.5 Å². The first-order valence-corrected chi connectivity index (χ1v) is 8.45. The Labute approximate surface area is 147 Å². The lowest BCUT2D eigenvalue weighted by atomic mass is 10.00. The number of carbonyl (C=O) groups is 1. The second kappa shape index (κ2) is 7.34. The van der Waals surface area contributed by atoms with E-state index in [4.69, 9.17) is 27.9 Å². The summed E-state index contributed by atoms with van der Waals surface area (Å²) in [6.45, 7) is 10.5. The van der Waals surface area contributed by atoms with Gasteiger partial charge in [-0.25, -0.2) is 4.98 Å². The molecule has 1 saturated heterocycles. The zero-order valence-corrected chi connectivity index (χ0v) is 15.4. The van der Waals surface area contributed by atoms with Crippen molar-refractivity contribution in [3.63, 3.8) is 0 Å². The van der Waals surface area contributed by atoms with Gasteiger partial charge in [0.05, 0.1) is 17.2 Å². The number of amides is 1. The number of rotatable bonds is 4. The van der Waals surface area contributed by atoms with Crippen LogP contribution in [0.15, 0.2) is 12.1 Å². The van der Waals surface area contributed by atoms with Crippen molar-refractivity contribution in [1.82, 2.24) is 15.2 Å². The SMILES string of the molecule is C[C@H]1CN(C(C)(C)CNC(=O)c2nc(Cl)ccc2Cl)C[C@H](C)O1. The van der Waals surface area contributed by atoms with Gasteiger partial charge in [0.15, 0.2) is 0 Å². The van der Waals surface area contributed by atoms with Gasteiger partial charge in [0.25, 0.3) is 5.91 Å². The standard InChI is InChI=1S/C16H23Cl2N3O2/c1-10-7-21(8-11(2)23-10)16(3,4)9-19-15(22)14-12(17)5-6-13(18)20-14/h5-6,10-11H,7-9H2,1-4H3,(H,19,22)/t10-,11-/m0/s1. The number of halogens is 2. The summed E-state index contributed by atoms with van der Waals surface area (Å²) < 4.78 is 5.76. The zero-order chi connectivity index (χ0) is 17.2. The summed E-state index contributed by atoms with van der Waals surface area (Å²) >= 11 is 11.9. The van der Waals surface area contributed by atoms with Gasteiger partial charge in [0.2, 0.25) is 0 Å². The fourth-order valence-electron chi connectivity index (χ4n) is 2.74. The Balaban J connectivity index is 2.01. The molecule has 0 bridgehead atoms. The summed E-state index contributed by atoms with van der Waals surface area (Å²) in [4.78, 5) is 18.6. The highest BCUT2D eigenvalue weighted by molar-refractivity contribution is 6.34. The highest BCUT2D eigenvalue weighted by Crippen LogP contribution is 2.21. The van der Waals surface area contributed by atoms with Gasteiger partial charge in [0.1, 0.15) is 10.8 Å². The lowest BCUT2D eigenvalue weighted by Crippen LogP contribution is -2.58. The van der Waals surface area contributed by atoms with Crippen molar-refractivity contribution in [2.75, 3.05) is 19.6 Å². The maximum atomic E-state index is 12.3. The lowest BCUT2D eigenvalue weighted by Gasteiger charge is -2.45. The maximum Gasteiger partial charge on any atom is 0.271 e. The van der Waals surface area contributed by atoms with Gasteiger partial charge in [-0.2, -0.15) is 0 Å². The molecule has 1 fully saturated rings. The number of nitrogens with one attached hydrogen (secondary N) is 1. The molecule has 23 heavy (non-hydrogen) atoms. The van der Waals surface area contributed by atoms with Gasteiger partial charge in [0, 0.05) is 25.2 Å². The minimum atomic E-state index is -0.320. The molecule has 1 aromatic rings. The summed E-state index contributed by atoms with van der Waals surface area (Å²) in [6, 6.07) is 3.13. The van der Waals surface area contributed by atoms with Crippen molar-refractivity contribution < 1.29 is 9.53 Å². The molecule has 0 aromatic carbocycles. The number of hydrogen-bond donors (Lipinski definition) is 1. The molecule has 0 aliphatic carbocycles. The zero-order valence-electron chi connectivity index (χ0n) is 13.9. The van der Waals surface area contributed by atoms with Gasteiger partial charge in [-0.05, 0) is 39.8 Å². The predicted molar refractivity (Wildman–Crippen MR) is 92.3 cm³/mol. The Hall–Kier alpha value is -0.880. The molecule has 1 aliphatic rings. The molecule has 7 heteroatoms. The van der Waals surface area contributed by atoms with Crippen LogP contribution in [0.25, 0.3) is 0 Å². The molecule has 1 amide bonds. The molecule has 0 spiro atoms. The molecule has 1 N–H and O–H groups in total. The van der Waals surface area contributed by atoms with Gasteiger partial charge >= 0.3 is 0 Å². The molecule has 0 unspecified atom stereocenters. The van der Waals surface area contributed by atoms with Crippen molar-refractivity contribution in [2.45, 2.75) is 45.4 Å². The number of pyridine rings is 1. The van der Waals surface area contributed by atoms with Crippen molar-refractivity contribution >= 4 is 29.1 Å². The molecule has 2 heterocycles. The molecule has 128 valence electrons. The van der Waals surface area contributed by atoms with Crippen molar-refractivity contribution in [2.24, 2.45) is 0 Å². The summed E-state index contributed by atoms with van der Waals surface area (Å²) in [7, 11) is 0. The number of morpholine rings is 1. The van der Waals surface area contributed by atoms with E-state index in [1.807, 2.05) is 0 Å². The Morgan fingerprint density at radius 1 is 1.35 bits per heavy atom. The molecule has 5 nitrogen and oxygen atoms in total. The van der Waals surface area contributed by atoms with Crippen LogP contribution in [-0.2, 0) is 4.74 Å². The van der Waals surface area contributed by atoms with E-state index in [2.05, 4.69) is 42.9 Å². The number of carbonyl (C=O) groups excluding carboxylic acids is 1. The molecule has 0 saturated carbocycles. The normalized spacial score (nSPS) is 22.9. The Kier molecular flexibility index (Phi) is 5.89. The summed E-state index contributed by atoms with van der Waals surface area (Å²) in [5, 5.41) is 3.44. The summed E-state index contributed by atoms with van der Waals surface area (Å²) in [6.07, 6.45) is 0.357. The number of nitrogens with zero attached hydrogens (tertiary/aromatic N) is 2.